The van der Waals surface area contributed by atoms with Crippen LogP contribution >= 0.6 is 0 Å². The molecule has 0 aliphatic heterocycles. The maximum Gasteiger partial charge on any atom is 0.335 e. The second-order valence-corrected chi connectivity index (χ2v) is 8.37. The number of sulfonamides is 1. The van der Waals surface area contributed by atoms with Gasteiger partial charge in [0.1, 0.15) is 11.4 Å². The zero-order valence-electron chi connectivity index (χ0n) is 16.6. The number of rotatable bonds is 8. The molecule has 0 fully saturated rings. The number of hydrogen-bond donors (Lipinski definition) is 2. The fourth-order valence-corrected chi connectivity index (χ4v) is 3.95. The van der Waals surface area contributed by atoms with Gasteiger partial charge in [0.05, 0.1) is 10.5 Å². The number of aromatic carboxylic acids is 1. The van der Waals surface area contributed by atoms with Crippen LogP contribution in [0.4, 0.5) is 5.88 Å². The van der Waals surface area contributed by atoms with Crippen LogP contribution in [0.1, 0.15) is 16.2 Å². The van der Waals surface area contributed by atoms with Gasteiger partial charge in [0.25, 0.3) is 10.0 Å². The Morgan fingerprint density at radius 1 is 0.969 bits per heavy atom. The van der Waals surface area contributed by atoms with Crippen LogP contribution in [-0.4, -0.2) is 24.5 Å². The summed E-state index contributed by atoms with van der Waals surface area (Å²) in [6, 6.07) is 22.9. The summed E-state index contributed by atoms with van der Waals surface area (Å²) in [5, 5.41) is 9.11. The van der Waals surface area contributed by atoms with Crippen LogP contribution in [0.3, 0.4) is 0 Å². The minimum Gasteiger partial charge on any atom is -0.484 e. The molecular formula is C23H18N2O6S. The molecule has 4 aromatic rings. The number of nitrogens with one attached hydrogen (secondary N) is 1. The normalized spacial score (nSPS) is 11.1. The van der Waals surface area contributed by atoms with E-state index in [1.807, 2.05) is 6.07 Å². The van der Waals surface area contributed by atoms with Crippen molar-refractivity contribution in [3.05, 3.63) is 96.4 Å². The summed E-state index contributed by atoms with van der Waals surface area (Å²) in [7, 11) is -3.90. The minimum absolute atomic E-state index is 0.0436. The number of carbonyl (C=O) groups is 1. The summed E-state index contributed by atoms with van der Waals surface area (Å²) < 4.78 is 39.3. The van der Waals surface area contributed by atoms with Gasteiger partial charge in [-0.2, -0.15) is 0 Å². The molecule has 4 rings (SSSR count). The monoisotopic (exact) mass is 450 g/mol. The Labute approximate surface area is 184 Å². The van der Waals surface area contributed by atoms with Crippen LogP contribution in [0.25, 0.3) is 11.3 Å². The molecule has 3 aromatic carbocycles. The van der Waals surface area contributed by atoms with Crippen molar-refractivity contribution in [2.45, 2.75) is 11.5 Å². The Balaban J connectivity index is 1.63. The molecule has 0 atom stereocenters. The first-order valence-corrected chi connectivity index (χ1v) is 11.0. The topological polar surface area (TPSA) is 119 Å². The fraction of sp³-hybridized carbons (Fsp3) is 0.0435. The Hall–Kier alpha value is -4.11. The Morgan fingerprint density at radius 2 is 1.66 bits per heavy atom. The first-order valence-electron chi connectivity index (χ1n) is 9.51. The average molecular weight is 450 g/mol. The molecule has 0 bridgehead atoms. The lowest BCUT2D eigenvalue weighted by atomic mass is 10.2. The first-order chi connectivity index (χ1) is 15.4. The zero-order valence-corrected chi connectivity index (χ0v) is 17.5. The molecule has 0 aliphatic rings. The predicted molar refractivity (Wildman–Crippen MR) is 117 cm³/mol. The highest BCUT2D eigenvalue weighted by molar-refractivity contribution is 7.92. The van der Waals surface area contributed by atoms with Crippen molar-refractivity contribution >= 4 is 21.9 Å². The smallest absolute Gasteiger partial charge is 0.335 e. The third kappa shape index (κ3) is 4.79. The molecule has 0 amide bonds. The van der Waals surface area contributed by atoms with Crippen molar-refractivity contribution < 1.29 is 27.5 Å². The van der Waals surface area contributed by atoms with Crippen molar-refractivity contribution in [2.24, 2.45) is 0 Å². The second kappa shape index (κ2) is 8.94. The fourth-order valence-electron chi connectivity index (χ4n) is 2.93. The van der Waals surface area contributed by atoms with Gasteiger partial charge in [0, 0.05) is 5.56 Å². The molecule has 9 heteroatoms. The van der Waals surface area contributed by atoms with Crippen molar-refractivity contribution in [1.29, 1.82) is 0 Å². The summed E-state index contributed by atoms with van der Waals surface area (Å²) in [6.07, 6.45) is 0. The maximum absolute atomic E-state index is 12.8. The van der Waals surface area contributed by atoms with Crippen LogP contribution in [0.5, 0.6) is 5.75 Å². The highest BCUT2D eigenvalue weighted by Gasteiger charge is 2.22. The van der Waals surface area contributed by atoms with Gasteiger partial charge in [0.2, 0.25) is 11.8 Å². The predicted octanol–water partition coefficient (Wildman–Crippen LogP) is 4.42. The number of hydrogen-bond acceptors (Lipinski definition) is 6. The lowest BCUT2D eigenvalue weighted by Crippen LogP contribution is -2.12. The highest BCUT2D eigenvalue weighted by atomic mass is 32.2. The van der Waals surface area contributed by atoms with Gasteiger partial charge in [0.15, 0.2) is 6.61 Å². The number of carboxylic acids is 1. The average Bonchev–Trinajstić information content (AvgIpc) is 3.21. The van der Waals surface area contributed by atoms with Crippen LogP contribution in [0, 0.1) is 0 Å². The minimum atomic E-state index is -3.90. The van der Waals surface area contributed by atoms with E-state index >= 15 is 0 Å². The molecule has 0 saturated heterocycles. The van der Waals surface area contributed by atoms with E-state index in [1.165, 1.54) is 24.3 Å². The summed E-state index contributed by atoms with van der Waals surface area (Å²) in [6.45, 7) is -0.129. The Kier molecular flexibility index (Phi) is 5.91. The van der Waals surface area contributed by atoms with E-state index in [4.69, 9.17) is 14.3 Å². The lowest BCUT2D eigenvalue weighted by molar-refractivity contribution is 0.0696. The SMILES string of the molecule is O=C(O)c1cccc(OCc2nc(-c3ccccc3)c(NS(=O)(=O)c3ccccc3)o2)c1. The Bertz CT molecular complexity index is 1340. The van der Waals surface area contributed by atoms with Gasteiger partial charge >= 0.3 is 5.97 Å². The van der Waals surface area contributed by atoms with E-state index in [0.717, 1.165) is 0 Å². The van der Waals surface area contributed by atoms with Gasteiger partial charge in [-0.3, -0.25) is 0 Å². The van der Waals surface area contributed by atoms with Crippen LogP contribution < -0.4 is 9.46 Å². The number of aromatic nitrogens is 1. The Morgan fingerprint density at radius 3 is 2.34 bits per heavy atom. The summed E-state index contributed by atoms with van der Waals surface area (Å²) in [4.78, 5) is 15.6. The number of carboxylic acid groups (broad SMARTS) is 1. The molecule has 32 heavy (non-hydrogen) atoms. The van der Waals surface area contributed by atoms with E-state index in [-0.39, 0.29) is 28.8 Å². The van der Waals surface area contributed by atoms with E-state index in [1.54, 1.807) is 54.6 Å². The van der Waals surface area contributed by atoms with Crippen LogP contribution in [0.15, 0.2) is 94.2 Å². The molecule has 1 aromatic heterocycles. The van der Waals surface area contributed by atoms with Gasteiger partial charge < -0.3 is 14.3 Å². The van der Waals surface area contributed by atoms with Gasteiger partial charge in [-0.25, -0.2) is 22.9 Å². The molecule has 0 unspecified atom stereocenters. The van der Waals surface area contributed by atoms with E-state index in [0.29, 0.717) is 17.0 Å². The molecule has 0 aliphatic carbocycles. The van der Waals surface area contributed by atoms with Crippen molar-refractivity contribution in [1.82, 2.24) is 4.98 Å². The number of benzene rings is 3. The number of oxazole rings is 1. The molecule has 0 spiro atoms. The molecule has 2 N–H and O–H groups in total. The molecule has 162 valence electrons. The van der Waals surface area contributed by atoms with Gasteiger partial charge in [-0.15, -0.1) is 0 Å². The van der Waals surface area contributed by atoms with Crippen molar-refractivity contribution in [3.63, 3.8) is 0 Å². The standard InChI is InChI=1S/C23H18N2O6S/c26-23(27)17-10-7-11-18(14-17)30-15-20-24-21(16-8-3-1-4-9-16)22(31-20)25-32(28,29)19-12-5-2-6-13-19/h1-14,25H,15H2,(H,26,27). The lowest BCUT2D eigenvalue weighted by Gasteiger charge is -2.07. The van der Waals surface area contributed by atoms with Crippen LogP contribution in [0.2, 0.25) is 0 Å². The molecule has 0 radical (unpaired) electrons. The van der Waals surface area contributed by atoms with Gasteiger partial charge in [-0.05, 0) is 30.3 Å². The van der Waals surface area contributed by atoms with E-state index < -0.39 is 16.0 Å². The quantitative estimate of drug-likeness (QED) is 0.408. The first kappa shape index (κ1) is 21.1. The largest absolute Gasteiger partial charge is 0.484 e. The molecule has 8 nitrogen and oxygen atoms in total. The third-order valence-electron chi connectivity index (χ3n) is 4.44. The van der Waals surface area contributed by atoms with Crippen molar-refractivity contribution in [3.8, 4) is 17.0 Å². The molecule has 1 heterocycles. The zero-order chi connectivity index (χ0) is 22.6. The van der Waals surface area contributed by atoms with E-state index in [9.17, 15) is 13.2 Å². The summed E-state index contributed by atoms with van der Waals surface area (Å²) >= 11 is 0. The number of nitrogens with zero attached hydrogens (tertiary/aromatic N) is 1. The maximum atomic E-state index is 12.8. The second-order valence-electron chi connectivity index (χ2n) is 6.69. The molecule has 0 saturated carbocycles. The summed E-state index contributed by atoms with van der Waals surface area (Å²) in [5.41, 5.74) is 1.04. The number of anilines is 1. The van der Waals surface area contributed by atoms with Gasteiger partial charge in [-0.1, -0.05) is 54.6 Å². The summed E-state index contributed by atoms with van der Waals surface area (Å²) in [5.74, 6) is -0.681. The third-order valence-corrected chi connectivity index (χ3v) is 5.79. The van der Waals surface area contributed by atoms with E-state index in [2.05, 4.69) is 9.71 Å². The van der Waals surface area contributed by atoms with Crippen molar-refractivity contribution in [2.75, 3.05) is 4.72 Å². The highest BCUT2D eigenvalue weighted by Crippen LogP contribution is 2.31. The molecular weight excluding hydrogens is 432 g/mol. The number of ether oxygens (including phenoxy) is 1. The van der Waals surface area contributed by atoms with Crippen LogP contribution in [-0.2, 0) is 16.6 Å².